The Kier molecular flexibility index (Phi) is 11.0. The molecule has 2 aromatic heterocycles. The normalized spacial score (nSPS) is 10.3. The van der Waals surface area contributed by atoms with Gasteiger partial charge in [0.25, 0.3) is 18.4 Å². The molecule has 3 N–H and O–H groups in total. The van der Waals surface area contributed by atoms with Crippen LogP contribution in [0.15, 0.2) is 29.6 Å². The van der Waals surface area contributed by atoms with Crippen LogP contribution in [0, 0.1) is 10.1 Å². The van der Waals surface area contributed by atoms with E-state index in [9.17, 15) is 42.1 Å². The molecule has 2 aromatic rings. The molecule has 0 bridgehead atoms. The summed E-state index contributed by atoms with van der Waals surface area (Å²) in [5.74, 6) is -2.33. The number of nitrogen functional groups attached to an aromatic ring is 1. The predicted molar refractivity (Wildman–Crippen MR) is 115 cm³/mol. The first-order chi connectivity index (χ1) is 16.9. The molecule has 2 heterocycles. The Morgan fingerprint density at radius 3 is 2.22 bits per heavy atom. The highest BCUT2D eigenvalue weighted by atomic mass is 19.3. The number of nitrogens with zero attached hydrogens (tertiary/aromatic N) is 2. The summed E-state index contributed by atoms with van der Waals surface area (Å²) in [4.78, 5) is 48.5. The van der Waals surface area contributed by atoms with E-state index in [-0.39, 0.29) is 23.9 Å². The zero-order valence-electron chi connectivity index (χ0n) is 18.8. The molecule has 0 saturated heterocycles. The number of halogens is 4. The molecular weight excluding hydrogens is 500 g/mol. The van der Waals surface area contributed by atoms with E-state index in [0.29, 0.717) is 12.5 Å². The van der Waals surface area contributed by atoms with Crippen LogP contribution in [0.1, 0.15) is 51.4 Å². The van der Waals surface area contributed by atoms with E-state index in [1.54, 1.807) is 11.1 Å². The van der Waals surface area contributed by atoms with E-state index in [0.717, 1.165) is 20.3 Å². The number of nitro groups is 1. The predicted octanol–water partition coefficient (Wildman–Crippen LogP) is 3.35. The van der Waals surface area contributed by atoms with E-state index in [1.165, 1.54) is 0 Å². The third-order valence-corrected chi connectivity index (χ3v) is 4.09. The van der Waals surface area contributed by atoms with Crippen LogP contribution < -0.4 is 16.0 Å². The lowest BCUT2D eigenvalue weighted by atomic mass is 10.2. The van der Waals surface area contributed by atoms with Gasteiger partial charge >= 0.3 is 17.6 Å². The monoisotopic (exact) mass is 520 g/mol. The molecule has 0 radical (unpaired) electrons. The van der Waals surface area contributed by atoms with Crippen molar-refractivity contribution in [3.05, 3.63) is 67.8 Å². The summed E-state index contributed by atoms with van der Waals surface area (Å²) >= 11 is 0. The Labute approximate surface area is 199 Å². The average molecular weight is 520 g/mol. The van der Waals surface area contributed by atoms with Crippen LogP contribution in [-0.2, 0) is 9.47 Å². The number of nitrogens with two attached hydrogens (primary N) is 1. The fraction of sp³-hybridized carbons (Fsp3) is 0.300. The number of pyridine rings is 2. The third kappa shape index (κ3) is 7.51. The summed E-state index contributed by atoms with van der Waals surface area (Å²) in [5.41, 5.74) is 0.534. The Balaban J connectivity index is 0.000000362. The largest absolute Gasteiger partial charge is 0.477 e. The smallest absolute Gasteiger partial charge is 0.361 e. The number of aromatic nitrogens is 2. The Hall–Kier alpha value is -4.50. The van der Waals surface area contributed by atoms with Crippen molar-refractivity contribution in [2.24, 2.45) is 0 Å². The summed E-state index contributed by atoms with van der Waals surface area (Å²) in [7, 11) is 2.08. The SMILES string of the molecule is C=CCCOc1nc(C(=O)OC)c(N)cc1C(F)F.COC(=O)c1[nH]c(=O)c(C(F)F)cc1[N+](=O)[O-]. The zero-order valence-corrected chi connectivity index (χ0v) is 18.8. The first-order valence-corrected chi connectivity index (χ1v) is 9.58. The lowest BCUT2D eigenvalue weighted by Gasteiger charge is -2.12. The molecule has 0 amide bonds. The first kappa shape index (κ1) is 29.5. The van der Waals surface area contributed by atoms with Gasteiger partial charge in [-0.25, -0.2) is 32.1 Å². The zero-order chi connectivity index (χ0) is 27.6. The Morgan fingerprint density at radius 1 is 1.17 bits per heavy atom. The summed E-state index contributed by atoms with van der Waals surface area (Å²) in [6.45, 7) is 3.61. The number of methoxy groups -OCH3 is 2. The van der Waals surface area contributed by atoms with E-state index in [4.69, 9.17) is 10.5 Å². The lowest BCUT2D eigenvalue weighted by Crippen LogP contribution is -2.20. The molecule has 0 atom stereocenters. The average Bonchev–Trinajstić information content (AvgIpc) is 2.83. The van der Waals surface area contributed by atoms with Gasteiger partial charge in [-0.1, -0.05) is 6.08 Å². The van der Waals surface area contributed by atoms with Gasteiger partial charge in [-0.3, -0.25) is 14.9 Å². The number of ether oxygens (including phenoxy) is 3. The van der Waals surface area contributed by atoms with E-state index >= 15 is 0 Å². The van der Waals surface area contributed by atoms with Gasteiger partial charge in [0.15, 0.2) is 5.69 Å². The lowest BCUT2D eigenvalue weighted by molar-refractivity contribution is -0.385. The number of esters is 2. The minimum absolute atomic E-state index is 0.126. The number of rotatable bonds is 9. The summed E-state index contributed by atoms with van der Waals surface area (Å²) in [6.07, 6.45) is -3.95. The van der Waals surface area contributed by atoms with Crippen LogP contribution in [0.5, 0.6) is 5.88 Å². The molecule has 0 saturated carbocycles. The van der Waals surface area contributed by atoms with Crippen molar-refractivity contribution >= 4 is 23.3 Å². The molecular formula is C20H20F4N4O8. The van der Waals surface area contributed by atoms with Crippen LogP contribution >= 0.6 is 0 Å². The topological polar surface area (TPSA) is 177 Å². The molecule has 0 fully saturated rings. The number of anilines is 1. The maximum absolute atomic E-state index is 12.8. The van der Waals surface area contributed by atoms with Gasteiger partial charge in [-0.2, -0.15) is 0 Å². The number of H-pyrrole nitrogens is 1. The molecule has 36 heavy (non-hydrogen) atoms. The van der Waals surface area contributed by atoms with Crippen molar-refractivity contribution in [2.75, 3.05) is 26.6 Å². The molecule has 16 heteroatoms. The number of aromatic amines is 1. The first-order valence-electron chi connectivity index (χ1n) is 9.58. The maximum atomic E-state index is 12.8. The van der Waals surface area contributed by atoms with Crippen LogP contribution in [0.25, 0.3) is 0 Å². The second-order valence-corrected chi connectivity index (χ2v) is 6.40. The number of hydrogen-bond donors (Lipinski definition) is 2. The van der Waals surface area contributed by atoms with Crippen molar-refractivity contribution in [3.8, 4) is 5.88 Å². The van der Waals surface area contributed by atoms with Gasteiger partial charge in [0.2, 0.25) is 11.6 Å². The quantitative estimate of drug-likeness (QED) is 0.124. The standard InChI is InChI=1S/C12H14F2N2O3.C8H6F2N2O5/c1-3-4-5-19-11-7(10(13)14)6-8(15)9(16-11)12(17)18-2;1-17-8(14)5-4(12(15)16)2-3(6(9)10)7(13)11-5/h3,6,10H,1,4-5,15H2,2H3;2,6H,1H3,(H,11,13). The summed E-state index contributed by atoms with van der Waals surface area (Å²) in [5, 5.41) is 10.6. The number of carbonyl (C=O) groups excluding carboxylic acids is 2. The molecule has 0 spiro atoms. The van der Waals surface area contributed by atoms with E-state index in [2.05, 4.69) is 21.0 Å². The number of nitrogens with one attached hydrogen (secondary N) is 1. The van der Waals surface area contributed by atoms with Crippen LogP contribution in [0.3, 0.4) is 0 Å². The van der Waals surface area contributed by atoms with Gasteiger partial charge in [0.1, 0.15) is 0 Å². The fourth-order valence-corrected chi connectivity index (χ4v) is 2.40. The Bertz CT molecular complexity index is 1190. The molecule has 12 nitrogen and oxygen atoms in total. The highest BCUT2D eigenvalue weighted by Crippen LogP contribution is 2.31. The van der Waals surface area contributed by atoms with E-state index < -0.39 is 57.8 Å². The number of alkyl halides is 4. The molecule has 0 aromatic carbocycles. The van der Waals surface area contributed by atoms with Gasteiger partial charge in [0.05, 0.1) is 42.6 Å². The van der Waals surface area contributed by atoms with Crippen molar-refractivity contribution in [2.45, 2.75) is 19.3 Å². The van der Waals surface area contributed by atoms with Gasteiger partial charge < -0.3 is 24.9 Å². The van der Waals surface area contributed by atoms with E-state index in [1.807, 2.05) is 0 Å². The minimum atomic E-state index is -3.18. The molecule has 196 valence electrons. The highest BCUT2D eigenvalue weighted by Gasteiger charge is 2.27. The van der Waals surface area contributed by atoms with Crippen molar-refractivity contribution in [1.29, 1.82) is 0 Å². The molecule has 0 aliphatic heterocycles. The Morgan fingerprint density at radius 2 is 1.75 bits per heavy atom. The summed E-state index contributed by atoms with van der Waals surface area (Å²) < 4.78 is 64.0. The molecule has 0 aliphatic rings. The van der Waals surface area contributed by atoms with Gasteiger partial charge in [-0.15, -0.1) is 6.58 Å². The highest BCUT2D eigenvalue weighted by molar-refractivity contribution is 5.93. The van der Waals surface area contributed by atoms with Crippen LogP contribution in [0.2, 0.25) is 0 Å². The van der Waals surface area contributed by atoms with Crippen LogP contribution in [-0.4, -0.2) is 47.7 Å². The van der Waals surface area contributed by atoms with Crippen LogP contribution in [0.4, 0.5) is 28.9 Å². The molecule has 2 rings (SSSR count). The second-order valence-electron chi connectivity index (χ2n) is 6.40. The van der Waals surface area contributed by atoms with Gasteiger partial charge in [-0.05, 0) is 12.5 Å². The van der Waals surface area contributed by atoms with Crippen molar-refractivity contribution in [1.82, 2.24) is 9.97 Å². The number of carbonyl (C=O) groups is 2. The number of hydrogen-bond acceptors (Lipinski definition) is 10. The second kappa shape index (κ2) is 13.4. The fourth-order valence-electron chi connectivity index (χ4n) is 2.40. The maximum Gasteiger partial charge on any atom is 0.361 e. The van der Waals surface area contributed by atoms with Crippen molar-refractivity contribution in [3.63, 3.8) is 0 Å². The third-order valence-electron chi connectivity index (χ3n) is 4.09. The molecule has 0 aliphatic carbocycles. The summed E-state index contributed by atoms with van der Waals surface area (Å²) in [6, 6.07) is 1.32. The minimum Gasteiger partial charge on any atom is -0.477 e. The molecule has 0 unspecified atom stereocenters. The van der Waals surface area contributed by atoms with Gasteiger partial charge in [0, 0.05) is 6.07 Å². The van der Waals surface area contributed by atoms with Crippen molar-refractivity contribution < 1.29 is 46.3 Å².